The molecular weight excluding hydrogens is 340 g/mol. The number of carbonyl (C=O) groups is 2. The number of thioether (sulfide) groups is 1. The topological polar surface area (TPSA) is 89.9 Å². The molecule has 136 valence electrons. The van der Waals surface area contributed by atoms with Crippen LogP contribution < -0.4 is 0 Å². The number of rotatable bonds is 7. The lowest BCUT2D eigenvalue weighted by Crippen LogP contribution is -2.17. The van der Waals surface area contributed by atoms with Crippen LogP contribution in [-0.2, 0) is 4.74 Å². The molecule has 0 aliphatic heterocycles. The molecule has 0 spiro atoms. The number of ketones is 1. The number of Topliss-reactive ketones (excluding diaryl/α,β-unsaturated/α-hetero) is 1. The first-order valence-electron chi connectivity index (χ1n) is 8.24. The minimum atomic E-state index is -0.410. The summed E-state index contributed by atoms with van der Waals surface area (Å²) in [4.78, 5) is 28.0. The molecule has 0 aliphatic rings. The van der Waals surface area contributed by atoms with Crippen molar-refractivity contribution < 1.29 is 14.3 Å². The fourth-order valence-corrected chi connectivity index (χ4v) is 3.61. The van der Waals surface area contributed by atoms with Gasteiger partial charge in [0.05, 0.1) is 23.1 Å². The lowest BCUT2D eigenvalue weighted by atomic mass is 10.1. The molecule has 25 heavy (non-hydrogen) atoms. The summed E-state index contributed by atoms with van der Waals surface area (Å²) in [5.74, 6) is -0.493. The van der Waals surface area contributed by atoms with Crippen LogP contribution in [0, 0.1) is 13.8 Å². The standard InChI is InChI=1S/C17H24N4O3S/c1-7-24-16(23)13-10(4)14(19-11(13)5)15(22)12(6)25-17-20-18-8-21(17)9(2)3/h8-9,12,19H,7H2,1-6H3/t12-/m0/s1. The van der Waals surface area contributed by atoms with Crippen molar-refractivity contribution in [1.82, 2.24) is 19.7 Å². The van der Waals surface area contributed by atoms with E-state index in [1.54, 1.807) is 27.1 Å². The first kappa shape index (κ1) is 19.2. The van der Waals surface area contributed by atoms with E-state index in [0.717, 1.165) is 0 Å². The lowest BCUT2D eigenvalue weighted by molar-refractivity contribution is 0.0525. The zero-order valence-electron chi connectivity index (χ0n) is 15.4. The van der Waals surface area contributed by atoms with Crippen LogP contribution in [0.3, 0.4) is 0 Å². The van der Waals surface area contributed by atoms with E-state index in [4.69, 9.17) is 4.74 Å². The lowest BCUT2D eigenvalue weighted by Gasteiger charge is -2.13. The highest BCUT2D eigenvalue weighted by molar-refractivity contribution is 8.00. The number of nitrogens with one attached hydrogen (secondary N) is 1. The summed E-state index contributed by atoms with van der Waals surface area (Å²) in [7, 11) is 0. The maximum atomic E-state index is 12.9. The predicted molar refractivity (Wildman–Crippen MR) is 96.3 cm³/mol. The minimum Gasteiger partial charge on any atom is -0.462 e. The van der Waals surface area contributed by atoms with Crippen LogP contribution >= 0.6 is 11.8 Å². The number of carbonyl (C=O) groups excluding carboxylic acids is 2. The van der Waals surface area contributed by atoms with Crippen molar-refractivity contribution in [2.24, 2.45) is 0 Å². The SMILES string of the molecule is CCOC(=O)c1c(C)[nH]c(C(=O)[C@H](C)Sc2nncn2C(C)C)c1C. The van der Waals surface area contributed by atoms with Crippen LogP contribution in [0.25, 0.3) is 0 Å². The number of aryl methyl sites for hydroxylation is 1. The molecule has 0 aliphatic carbocycles. The number of ether oxygens (including phenoxy) is 1. The molecular formula is C17H24N4O3S. The Morgan fingerprint density at radius 3 is 2.60 bits per heavy atom. The number of hydrogen-bond acceptors (Lipinski definition) is 6. The molecule has 2 heterocycles. The molecule has 2 aromatic heterocycles. The predicted octanol–water partition coefficient (Wildman–Crippen LogP) is 3.34. The quantitative estimate of drug-likeness (QED) is 0.460. The van der Waals surface area contributed by atoms with E-state index >= 15 is 0 Å². The van der Waals surface area contributed by atoms with Gasteiger partial charge in [0.25, 0.3) is 0 Å². The smallest absolute Gasteiger partial charge is 0.340 e. The normalized spacial score (nSPS) is 12.4. The molecule has 0 fully saturated rings. The van der Waals surface area contributed by atoms with Crippen LogP contribution in [0.1, 0.15) is 65.8 Å². The van der Waals surface area contributed by atoms with Gasteiger partial charge in [-0.25, -0.2) is 4.79 Å². The molecule has 0 unspecified atom stereocenters. The van der Waals surface area contributed by atoms with Gasteiger partial charge in [-0.15, -0.1) is 10.2 Å². The number of aromatic amines is 1. The summed E-state index contributed by atoms with van der Waals surface area (Å²) in [6, 6.07) is 0.213. The maximum Gasteiger partial charge on any atom is 0.340 e. The van der Waals surface area contributed by atoms with E-state index in [9.17, 15) is 9.59 Å². The van der Waals surface area contributed by atoms with Gasteiger partial charge in [0.15, 0.2) is 10.9 Å². The minimum absolute atomic E-state index is 0.0838. The molecule has 0 saturated carbocycles. The zero-order chi connectivity index (χ0) is 18.7. The van der Waals surface area contributed by atoms with Crippen molar-refractivity contribution >= 4 is 23.5 Å². The number of aromatic nitrogens is 4. The summed E-state index contributed by atoms with van der Waals surface area (Å²) in [6.07, 6.45) is 1.66. The van der Waals surface area contributed by atoms with Gasteiger partial charge >= 0.3 is 5.97 Å². The molecule has 0 radical (unpaired) electrons. The largest absolute Gasteiger partial charge is 0.462 e. The van der Waals surface area contributed by atoms with E-state index in [1.807, 2.05) is 25.3 Å². The number of hydrogen-bond donors (Lipinski definition) is 1. The summed E-state index contributed by atoms with van der Waals surface area (Å²) < 4.78 is 7.00. The monoisotopic (exact) mass is 364 g/mol. The van der Waals surface area contributed by atoms with Crippen molar-refractivity contribution in [3.05, 3.63) is 28.8 Å². The van der Waals surface area contributed by atoms with Gasteiger partial charge in [0, 0.05) is 11.7 Å². The van der Waals surface area contributed by atoms with Crippen LogP contribution in [0.15, 0.2) is 11.5 Å². The summed E-state index contributed by atoms with van der Waals surface area (Å²) in [5.41, 5.74) is 2.14. The molecule has 1 atom stereocenters. The Bertz CT molecular complexity index is 779. The van der Waals surface area contributed by atoms with Gasteiger partial charge in [-0.1, -0.05) is 11.8 Å². The average Bonchev–Trinajstić information content (AvgIpc) is 3.11. The molecule has 1 N–H and O–H groups in total. The summed E-state index contributed by atoms with van der Waals surface area (Å²) in [6.45, 7) is 11.5. The van der Waals surface area contributed by atoms with Crippen molar-refractivity contribution in [3.8, 4) is 0 Å². The fourth-order valence-electron chi connectivity index (χ4n) is 2.59. The third kappa shape index (κ3) is 3.95. The molecule has 0 bridgehead atoms. The maximum absolute atomic E-state index is 12.9. The van der Waals surface area contributed by atoms with E-state index in [0.29, 0.717) is 34.3 Å². The third-order valence-corrected chi connectivity index (χ3v) is 4.98. The second kappa shape index (κ2) is 7.86. The molecule has 2 rings (SSSR count). The highest BCUT2D eigenvalue weighted by atomic mass is 32.2. The highest BCUT2D eigenvalue weighted by Crippen LogP contribution is 2.28. The molecule has 2 aromatic rings. The summed E-state index contributed by atoms with van der Waals surface area (Å²) >= 11 is 1.35. The van der Waals surface area contributed by atoms with Gasteiger partial charge in [0.1, 0.15) is 6.33 Å². The molecule has 0 saturated heterocycles. The van der Waals surface area contributed by atoms with E-state index in [-0.39, 0.29) is 17.1 Å². The molecule has 0 amide bonds. The number of esters is 1. The Hall–Kier alpha value is -2.09. The van der Waals surface area contributed by atoms with Crippen molar-refractivity contribution in [1.29, 1.82) is 0 Å². The van der Waals surface area contributed by atoms with Crippen LogP contribution in [0.5, 0.6) is 0 Å². The highest BCUT2D eigenvalue weighted by Gasteiger charge is 2.27. The van der Waals surface area contributed by atoms with Gasteiger partial charge in [-0.2, -0.15) is 0 Å². The van der Waals surface area contributed by atoms with E-state index in [2.05, 4.69) is 15.2 Å². The van der Waals surface area contributed by atoms with Gasteiger partial charge in [-0.05, 0) is 47.1 Å². The van der Waals surface area contributed by atoms with Crippen LogP contribution in [0.4, 0.5) is 0 Å². The zero-order valence-corrected chi connectivity index (χ0v) is 16.2. The average molecular weight is 364 g/mol. The number of nitrogens with zero attached hydrogens (tertiary/aromatic N) is 3. The Kier molecular flexibility index (Phi) is 6.05. The Balaban J connectivity index is 2.24. The molecule has 0 aromatic carbocycles. The first-order valence-corrected chi connectivity index (χ1v) is 9.12. The Morgan fingerprint density at radius 2 is 2.00 bits per heavy atom. The van der Waals surface area contributed by atoms with Gasteiger partial charge in [0.2, 0.25) is 0 Å². The second-order valence-electron chi connectivity index (χ2n) is 6.08. The van der Waals surface area contributed by atoms with Crippen molar-refractivity contribution in [2.75, 3.05) is 6.61 Å². The third-order valence-electron chi connectivity index (χ3n) is 3.91. The van der Waals surface area contributed by atoms with Crippen molar-refractivity contribution in [2.45, 2.75) is 58.0 Å². The second-order valence-corrected chi connectivity index (χ2v) is 7.39. The summed E-state index contributed by atoms with van der Waals surface area (Å²) in [5, 5.41) is 8.34. The van der Waals surface area contributed by atoms with Crippen LogP contribution in [-0.4, -0.2) is 43.4 Å². The Labute approximate surface area is 151 Å². The van der Waals surface area contributed by atoms with Gasteiger partial charge < -0.3 is 14.3 Å². The van der Waals surface area contributed by atoms with E-state index in [1.165, 1.54) is 11.8 Å². The molecule has 8 heteroatoms. The molecule has 7 nitrogen and oxygen atoms in total. The van der Waals surface area contributed by atoms with Gasteiger partial charge in [-0.3, -0.25) is 4.79 Å². The van der Waals surface area contributed by atoms with Crippen molar-refractivity contribution in [3.63, 3.8) is 0 Å². The Morgan fingerprint density at radius 1 is 1.32 bits per heavy atom. The first-order chi connectivity index (χ1) is 11.8. The fraction of sp³-hybridized carbons (Fsp3) is 0.529. The number of H-pyrrole nitrogens is 1. The van der Waals surface area contributed by atoms with Crippen LogP contribution in [0.2, 0.25) is 0 Å². The van der Waals surface area contributed by atoms with E-state index < -0.39 is 5.97 Å².